The summed E-state index contributed by atoms with van der Waals surface area (Å²) in [5, 5.41) is 4.76. The van der Waals surface area contributed by atoms with Gasteiger partial charge in [0.05, 0.1) is 17.1 Å². The van der Waals surface area contributed by atoms with Gasteiger partial charge in [-0.2, -0.15) is 0 Å². The first-order chi connectivity index (χ1) is 21.9. The van der Waals surface area contributed by atoms with E-state index in [9.17, 15) is 9.59 Å². The third-order valence-electron chi connectivity index (χ3n) is 9.30. The molecule has 1 N–H and O–H groups in total. The first-order valence-electron chi connectivity index (χ1n) is 16.0. The second-order valence-electron chi connectivity index (χ2n) is 12.2. The third kappa shape index (κ3) is 7.10. The fourth-order valence-electron chi connectivity index (χ4n) is 6.72. The normalized spacial score (nSPS) is 17.8. The molecule has 0 radical (unpaired) electrons. The number of fused-ring (bicyclic) bond motifs is 1. The number of carbonyl (C=O) groups excluding carboxylic acids is 1. The highest BCUT2D eigenvalue weighted by Gasteiger charge is 2.29. The molecular formula is C36H42ClN5O3. The summed E-state index contributed by atoms with van der Waals surface area (Å²) in [5.41, 5.74) is 2.18. The quantitative estimate of drug-likeness (QED) is 0.255. The predicted octanol–water partition coefficient (Wildman–Crippen LogP) is 6.10. The molecule has 45 heavy (non-hydrogen) atoms. The van der Waals surface area contributed by atoms with Crippen LogP contribution in [0.1, 0.15) is 43.5 Å². The van der Waals surface area contributed by atoms with Gasteiger partial charge in [-0.1, -0.05) is 67.1 Å². The number of piperidine rings is 1. The van der Waals surface area contributed by atoms with Gasteiger partial charge in [-0.05, 0) is 75.3 Å². The van der Waals surface area contributed by atoms with Gasteiger partial charge in [-0.25, -0.2) is 4.79 Å². The largest absolute Gasteiger partial charge is 0.413 e. The fraction of sp³-hybridized carbons (Fsp3) is 0.389. The molecule has 236 valence electrons. The number of benzene rings is 3. The van der Waals surface area contributed by atoms with Crippen molar-refractivity contribution < 1.29 is 9.53 Å². The summed E-state index contributed by atoms with van der Waals surface area (Å²) in [6.07, 6.45) is 2.56. The van der Waals surface area contributed by atoms with E-state index in [2.05, 4.69) is 27.1 Å². The maximum atomic E-state index is 14.2. The van der Waals surface area contributed by atoms with Gasteiger partial charge in [0.1, 0.15) is 0 Å². The van der Waals surface area contributed by atoms with E-state index in [-0.39, 0.29) is 11.6 Å². The van der Waals surface area contributed by atoms with Crippen LogP contribution < -0.4 is 15.6 Å². The Labute approximate surface area is 270 Å². The second kappa shape index (κ2) is 14.2. The van der Waals surface area contributed by atoms with Crippen LogP contribution in [-0.4, -0.2) is 77.7 Å². The van der Waals surface area contributed by atoms with Gasteiger partial charge in [0, 0.05) is 54.9 Å². The molecule has 0 unspecified atom stereocenters. The molecule has 2 aliphatic heterocycles. The van der Waals surface area contributed by atoms with Crippen LogP contribution in [0.2, 0.25) is 5.02 Å². The van der Waals surface area contributed by atoms with E-state index in [0.717, 1.165) is 44.8 Å². The number of likely N-dealkylation sites (tertiary alicyclic amines) is 1. The zero-order valence-corrected chi connectivity index (χ0v) is 26.9. The topological polar surface area (TPSA) is 70.1 Å². The summed E-state index contributed by atoms with van der Waals surface area (Å²) in [6, 6.07) is 24.9. The van der Waals surface area contributed by atoms with Crippen molar-refractivity contribution in [1.82, 2.24) is 24.6 Å². The Bertz CT molecular complexity index is 1660. The van der Waals surface area contributed by atoms with Crippen molar-refractivity contribution in [3.05, 3.63) is 105 Å². The maximum Gasteiger partial charge on any atom is 0.413 e. The van der Waals surface area contributed by atoms with E-state index in [0.29, 0.717) is 51.9 Å². The molecule has 9 heteroatoms. The lowest BCUT2D eigenvalue weighted by Gasteiger charge is -2.42. The molecular weight excluding hydrogens is 586 g/mol. The van der Waals surface area contributed by atoms with E-state index < -0.39 is 6.09 Å². The molecule has 4 aromatic rings. The molecule has 1 aromatic heterocycles. The summed E-state index contributed by atoms with van der Waals surface area (Å²) >= 11 is 6.25. The molecule has 0 spiro atoms. The smallest absolute Gasteiger partial charge is 0.408 e. The van der Waals surface area contributed by atoms with Crippen molar-refractivity contribution in [2.45, 2.75) is 44.8 Å². The summed E-state index contributed by atoms with van der Waals surface area (Å²) in [6.45, 7) is 8.45. The minimum atomic E-state index is -0.550. The van der Waals surface area contributed by atoms with Gasteiger partial charge in [0.2, 0.25) is 0 Å². The third-order valence-corrected chi connectivity index (χ3v) is 9.56. The minimum Gasteiger partial charge on any atom is -0.408 e. The van der Waals surface area contributed by atoms with Crippen LogP contribution in [-0.2, 0) is 6.54 Å². The number of piperazine rings is 1. The Morgan fingerprint density at radius 3 is 2.20 bits per heavy atom. The Kier molecular flexibility index (Phi) is 9.85. The van der Waals surface area contributed by atoms with Gasteiger partial charge in [0.15, 0.2) is 5.75 Å². The van der Waals surface area contributed by atoms with Crippen molar-refractivity contribution in [2.75, 3.05) is 46.3 Å². The van der Waals surface area contributed by atoms with Gasteiger partial charge >= 0.3 is 6.09 Å². The number of nitrogens with one attached hydrogen (secondary N) is 1. The fourth-order valence-corrected chi connectivity index (χ4v) is 6.84. The van der Waals surface area contributed by atoms with Gasteiger partial charge in [0.25, 0.3) is 5.56 Å². The monoisotopic (exact) mass is 627 g/mol. The highest BCUT2D eigenvalue weighted by Crippen LogP contribution is 2.32. The molecule has 2 fully saturated rings. The number of rotatable bonds is 8. The molecule has 0 aliphatic carbocycles. The van der Waals surface area contributed by atoms with Crippen LogP contribution in [0, 0.1) is 0 Å². The van der Waals surface area contributed by atoms with Crippen molar-refractivity contribution in [3.8, 4) is 11.4 Å². The first-order valence-corrected chi connectivity index (χ1v) is 16.4. The lowest BCUT2D eigenvalue weighted by atomic mass is 10.0. The number of pyridine rings is 1. The number of hydrogen-bond acceptors (Lipinski definition) is 6. The van der Waals surface area contributed by atoms with Crippen molar-refractivity contribution in [3.63, 3.8) is 0 Å². The van der Waals surface area contributed by atoms with Crippen LogP contribution in [0.4, 0.5) is 4.79 Å². The van der Waals surface area contributed by atoms with Crippen molar-refractivity contribution >= 4 is 28.5 Å². The molecule has 0 saturated carbocycles. The van der Waals surface area contributed by atoms with Crippen LogP contribution in [0.15, 0.2) is 83.7 Å². The molecule has 1 atom stereocenters. The van der Waals surface area contributed by atoms with Gasteiger partial charge in [-0.15, -0.1) is 0 Å². The maximum absolute atomic E-state index is 14.2. The lowest BCUT2D eigenvalue weighted by molar-refractivity contribution is 0.0608. The summed E-state index contributed by atoms with van der Waals surface area (Å²) in [7, 11) is 2.20. The number of hydrogen-bond donors (Lipinski definition) is 1. The molecule has 8 nitrogen and oxygen atoms in total. The summed E-state index contributed by atoms with van der Waals surface area (Å²) in [5.74, 6) is 0.401. The number of halogens is 1. The van der Waals surface area contributed by atoms with Crippen LogP contribution in [0.3, 0.4) is 0 Å². The molecule has 0 bridgehead atoms. The van der Waals surface area contributed by atoms with E-state index in [1.807, 2.05) is 67.6 Å². The van der Waals surface area contributed by atoms with Gasteiger partial charge in [-0.3, -0.25) is 19.2 Å². The molecule has 3 aromatic carbocycles. The van der Waals surface area contributed by atoms with Crippen molar-refractivity contribution in [2.24, 2.45) is 0 Å². The van der Waals surface area contributed by atoms with Crippen LogP contribution >= 0.6 is 11.6 Å². The number of amides is 1. The number of ether oxygens (including phenoxy) is 1. The zero-order valence-electron chi connectivity index (χ0n) is 26.1. The Hall–Kier alpha value is -3.69. The molecule has 1 amide bonds. The average Bonchev–Trinajstić information content (AvgIpc) is 3.07. The zero-order chi connectivity index (χ0) is 31.3. The first kappa shape index (κ1) is 31.3. The SMILES string of the molecule is CC[C@H](NC(=O)Oc1c(CN2CCN(C3CCN(C)CC3)CC2)n(-c2ccc(Cl)cc2)c(=O)c2ccccc12)c1ccccc1. The molecule has 2 saturated heterocycles. The van der Waals surface area contributed by atoms with Crippen molar-refractivity contribution in [1.29, 1.82) is 0 Å². The second-order valence-corrected chi connectivity index (χ2v) is 12.6. The Morgan fingerprint density at radius 1 is 0.889 bits per heavy atom. The lowest BCUT2D eigenvalue weighted by Crippen LogP contribution is -2.52. The minimum absolute atomic E-state index is 0.156. The Morgan fingerprint density at radius 2 is 1.53 bits per heavy atom. The molecule has 2 aliphatic rings. The van der Waals surface area contributed by atoms with E-state index in [1.54, 1.807) is 22.8 Å². The summed E-state index contributed by atoms with van der Waals surface area (Å²) < 4.78 is 7.94. The van der Waals surface area contributed by atoms with Crippen LogP contribution in [0.25, 0.3) is 16.5 Å². The predicted molar refractivity (Wildman–Crippen MR) is 181 cm³/mol. The molecule has 3 heterocycles. The van der Waals surface area contributed by atoms with Gasteiger partial charge < -0.3 is 15.0 Å². The average molecular weight is 628 g/mol. The van der Waals surface area contributed by atoms with E-state index >= 15 is 0 Å². The number of nitrogens with zero attached hydrogens (tertiary/aromatic N) is 4. The number of aromatic nitrogens is 1. The van der Waals surface area contributed by atoms with E-state index in [1.165, 1.54) is 12.8 Å². The highest BCUT2D eigenvalue weighted by atomic mass is 35.5. The molecule has 6 rings (SSSR count). The summed E-state index contributed by atoms with van der Waals surface area (Å²) in [4.78, 5) is 35.1. The standard InChI is InChI=1S/C36H42ClN5O3/c1-3-32(26-9-5-4-6-10-26)38-36(44)45-34-30-11-7-8-12-31(30)35(43)42(29-15-13-27(37)14-16-29)33(34)25-40-21-23-41(24-22-40)28-17-19-39(2)20-18-28/h4-16,28,32H,3,17-25H2,1-2H3,(H,38,44)/t32-/m0/s1. The van der Waals surface area contributed by atoms with Crippen LogP contribution in [0.5, 0.6) is 5.75 Å². The number of carbonyl (C=O) groups is 1. The highest BCUT2D eigenvalue weighted by molar-refractivity contribution is 6.30. The van der Waals surface area contributed by atoms with E-state index in [4.69, 9.17) is 16.3 Å². The Balaban J connectivity index is 1.35.